The van der Waals surface area contributed by atoms with Crippen molar-refractivity contribution in [3.63, 3.8) is 0 Å². The zero-order valence-electron chi connectivity index (χ0n) is 17.1. The summed E-state index contributed by atoms with van der Waals surface area (Å²) in [7, 11) is 1.70. The summed E-state index contributed by atoms with van der Waals surface area (Å²) in [5.41, 5.74) is 1.68. The van der Waals surface area contributed by atoms with E-state index in [4.69, 9.17) is 21.1 Å². The fourth-order valence-electron chi connectivity index (χ4n) is 2.82. The minimum absolute atomic E-state index is 0. The Bertz CT molecular complexity index is 655. The van der Waals surface area contributed by atoms with Gasteiger partial charge in [-0.25, -0.2) is 0 Å². The second-order valence-electron chi connectivity index (χ2n) is 6.77. The Morgan fingerprint density at radius 2 is 2.14 bits per heavy atom. The molecule has 1 amide bonds. The van der Waals surface area contributed by atoms with Crippen LogP contribution in [0.15, 0.2) is 23.2 Å². The van der Waals surface area contributed by atoms with Crippen LogP contribution in [-0.4, -0.2) is 57.9 Å². The molecule has 164 valence electrons. The maximum absolute atomic E-state index is 12.1. The number of aryl methyl sites for hydroxylation is 1. The van der Waals surface area contributed by atoms with Crippen LogP contribution in [0, 0.1) is 6.92 Å². The second-order valence-corrected chi connectivity index (χ2v) is 7.18. The van der Waals surface area contributed by atoms with E-state index in [0.717, 1.165) is 38.0 Å². The average molecular weight is 539 g/mol. The van der Waals surface area contributed by atoms with Crippen LogP contribution in [0.25, 0.3) is 0 Å². The van der Waals surface area contributed by atoms with Crippen LogP contribution in [0.5, 0.6) is 0 Å². The highest BCUT2D eigenvalue weighted by Crippen LogP contribution is 2.22. The number of rotatable bonds is 10. The van der Waals surface area contributed by atoms with Crippen molar-refractivity contribution in [3.05, 3.63) is 28.8 Å². The molecular formula is C20H32ClIN4O3. The number of carbonyl (C=O) groups is 1. The zero-order chi connectivity index (χ0) is 20.2. The van der Waals surface area contributed by atoms with Gasteiger partial charge < -0.3 is 25.4 Å². The maximum atomic E-state index is 12.1. The first-order valence-corrected chi connectivity index (χ1v) is 10.2. The van der Waals surface area contributed by atoms with Crippen molar-refractivity contribution in [2.45, 2.75) is 38.7 Å². The molecule has 1 aliphatic rings. The first kappa shape index (κ1) is 25.9. The van der Waals surface area contributed by atoms with Gasteiger partial charge in [0.15, 0.2) is 5.96 Å². The average Bonchev–Trinajstić information content (AvgIpc) is 3.18. The van der Waals surface area contributed by atoms with Gasteiger partial charge in [-0.15, -0.1) is 24.0 Å². The van der Waals surface area contributed by atoms with Gasteiger partial charge in [0.05, 0.1) is 23.4 Å². The summed E-state index contributed by atoms with van der Waals surface area (Å²) in [6.07, 6.45) is 3.69. The SMILES string of the molecule is CN=C(NCCCOCC1CCCO1)NCCC(=O)Nc1ccc(C)cc1Cl.I. The van der Waals surface area contributed by atoms with Crippen LogP contribution in [0.4, 0.5) is 5.69 Å². The van der Waals surface area contributed by atoms with Crippen molar-refractivity contribution >= 4 is 53.1 Å². The molecule has 1 aliphatic heterocycles. The summed E-state index contributed by atoms with van der Waals surface area (Å²) < 4.78 is 11.1. The van der Waals surface area contributed by atoms with Gasteiger partial charge in [-0.1, -0.05) is 17.7 Å². The first-order valence-electron chi connectivity index (χ1n) is 9.78. The fraction of sp³-hybridized carbons (Fsp3) is 0.600. The maximum Gasteiger partial charge on any atom is 0.226 e. The van der Waals surface area contributed by atoms with Gasteiger partial charge >= 0.3 is 0 Å². The van der Waals surface area contributed by atoms with Crippen molar-refractivity contribution in [2.24, 2.45) is 4.99 Å². The number of anilines is 1. The highest BCUT2D eigenvalue weighted by atomic mass is 127. The monoisotopic (exact) mass is 538 g/mol. The van der Waals surface area contributed by atoms with Crippen LogP contribution in [0.3, 0.4) is 0 Å². The van der Waals surface area contributed by atoms with Crippen LogP contribution >= 0.6 is 35.6 Å². The lowest BCUT2D eigenvalue weighted by Gasteiger charge is -2.13. The summed E-state index contributed by atoms with van der Waals surface area (Å²) in [6.45, 7) is 5.39. The molecule has 29 heavy (non-hydrogen) atoms. The molecule has 9 heteroatoms. The van der Waals surface area contributed by atoms with E-state index in [2.05, 4.69) is 20.9 Å². The number of amides is 1. The number of carbonyl (C=O) groups excluding carboxylic acids is 1. The topological polar surface area (TPSA) is 84.0 Å². The molecular weight excluding hydrogens is 507 g/mol. The van der Waals surface area contributed by atoms with E-state index in [0.29, 0.717) is 42.8 Å². The molecule has 1 fully saturated rings. The van der Waals surface area contributed by atoms with Gasteiger partial charge in [-0.3, -0.25) is 9.79 Å². The molecule has 1 aromatic carbocycles. The van der Waals surface area contributed by atoms with Crippen molar-refractivity contribution in [3.8, 4) is 0 Å². The number of hydrogen-bond acceptors (Lipinski definition) is 4. The number of ether oxygens (including phenoxy) is 2. The molecule has 1 aromatic rings. The van der Waals surface area contributed by atoms with Crippen LogP contribution < -0.4 is 16.0 Å². The quantitative estimate of drug-likeness (QED) is 0.184. The van der Waals surface area contributed by atoms with Gasteiger partial charge in [-0.2, -0.15) is 0 Å². The predicted molar refractivity (Wildman–Crippen MR) is 129 cm³/mol. The minimum atomic E-state index is -0.101. The Labute approximate surface area is 195 Å². The summed E-state index contributed by atoms with van der Waals surface area (Å²) in [4.78, 5) is 16.2. The summed E-state index contributed by atoms with van der Waals surface area (Å²) >= 11 is 6.13. The molecule has 7 nitrogen and oxygen atoms in total. The van der Waals surface area contributed by atoms with E-state index in [1.54, 1.807) is 7.05 Å². The van der Waals surface area contributed by atoms with Crippen molar-refractivity contribution in [1.82, 2.24) is 10.6 Å². The molecule has 0 aliphatic carbocycles. The number of nitrogens with one attached hydrogen (secondary N) is 3. The molecule has 0 aromatic heterocycles. The van der Waals surface area contributed by atoms with Gasteiger partial charge in [-0.05, 0) is 43.9 Å². The Morgan fingerprint density at radius 1 is 1.34 bits per heavy atom. The normalized spacial score (nSPS) is 16.2. The molecule has 0 bridgehead atoms. The Balaban J connectivity index is 0.00000420. The summed E-state index contributed by atoms with van der Waals surface area (Å²) in [5, 5.41) is 9.70. The summed E-state index contributed by atoms with van der Waals surface area (Å²) in [5.74, 6) is 0.566. The van der Waals surface area contributed by atoms with E-state index < -0.39 is 0 Å². The number of benzene rings is 1. The Kier molecular flexibility index (Phi) is 13.2. The largest absolute Gasteiger partial charge is 0.379 e. The van der Waals surface area contributed by atoms with E-state index >= 15 is 0 Å². The molecule has 1 atom stereocenters. The third kappa shape index (κ3) is 10.5. The molecule has 0 radical (unpaired) electrons. The number of aliphatic imine (C=N–C) groups is 1. The highest BCUT2D eigenvalue weighted by Gasteiger charge is 2.14. The van der Waals surface area contributed by atoms with E-state index in [-0.39, 0.29) is 36.0 Å². The van der Waals surface area contributed by atoms with Gasteiger partial charge in [0.25, 0.3) is 0 Å². The zero-order valence-corrected chi connectivity index (χ0v) is 20.2. The predicted octanol–water partition coefficient (Wildman–Crippen LogP) is 3.35. The molecule has 0 saturated carbocycles. The first-order chi connectivity index (χ1) is 13.6. The Morgan fingerprint density at radius 3 is 2.83 bits per heavy atom. The molecule has 3 N–H and O–H groups in total. The molecule has 1 saturated heterocycles. The van der Waals surface area contributed by atoms with E-state index in [9.17, 15) is 4.79 Å². The van der Waals surface area contributed by atoms with Gasteiger partial charge in [0.2, 0.25) is 5.91 Å². The third-order valence-electron chi connectivity index (χ3n) is 4.35. The molecule has 1 unspecified atom stereocenters. The summed E-state index contributed by atoms with van der Waals surface area (Å²) in [6, 6.07) is 5.55. The smallest absolute Gasteiger partial charge is 0.226 e. The second kappa shape index (κ2) is 14.8. The van der Waals surface area contributed by atoms with Gasteiger partial charge in [0, 0.05) is 39.8 Å². The standard InChI is InChI=1S/C20H31ClN4O3.HI/c1-15-6-7-18(17(21)13-15)25-19(26)8-10-24-20(22-2)23-9-4-11-27-14-16-5-3-12-28-16;/h6-7,13,16H,3-5,8-12,14H2,1-2H3,(H,25,26)(H2,22,23,24);1H. The van der Waals surface area contributed by atoms with Gasteiger partial charge in [0.1, 0.15) is 0 Å². The van der Waals surface area contributed by atoms with Crippen LogP contribution in [-0.2, 0) is 14.3 Å². The van der Waals surface area contributed by atoms with Crippen molar-refractivity contribution < 1.29 is 14.3 Å². The fourth-order valence-corrected chi connectivity index (χ4v) is 3.10. The third-order valence-corrected chi connectivity index (χ3v) is 4.67. The molecule has 2 rings (SSSR count). The number of hydrogen-bond donors (Lipinski definition) is 3. The number of nitrogens with zero attached hydrogens (tertiary/aromatic N) is 1. The van der Waals surface area contributed by atoms with Crippen LogP contribution in [0.1, 0.15) is 31.2 Å². The number of guanidine groups is 1. The van der Waals surface area contributed by atoms with E-state index in [1.807, 2.05) is 25.1 Å². The lowest BCUT2D eigenvalue weighted by atomic mass is 10.2. The van der Waals surface area contributed by atoms with E-state index in [1.165, 1.54) is 0 Å². The minimum Gasteiger partial charge on any atom is -0.379 e. The van der Waals surface area contributed by atoms with Crippen molar-refractivity contribution in [2.75, 3.05) is 45.3 Å². The molecule has 1 heterocycles. The Hall–Kier alpha value is -1.10. The number of halogens is 2. The van der Waals surface area contributed by atoms with Crippen molar-refractivity contribution in [1.29, 1.82) is 0 Å². The lowest BCUT2D eigenvalue weighted by molar-refractivity contribution is -0.116. The highest BCUT2D eigenvalue weighted by molar-refractivity contribution is 14.0. The lowest BCUT2D eigenvalue weighted by Crippen LogP contribution is -2.39. The molecule has 0 spiro atoms. The van der Waals surface area contributed by atoms with Crippen LogP contribution in [0.2, 0.25) is 5.02 Å².